The van der Waals surface area contributed by atoms with Crippen LogP contribution in [0.1, 0.15) is 32.1 Å². The highest BCUT2D eigenvalue weighted by Crippen LogP contribution is 2.17. The Hall–Kier alpha value is -1.96. The first kappa shape index (κ1) is 18.4. The van der Waals surface area contributed by atoms with E-state index < -0.39 is 34.0 Å². The summed E-state index contributed by atoms with van der Waals surface area (Å²) in [5.41, 5.74) is 0. The summed E-state index contributed by atoms with van der Waals surface area (Å²) in [5.74, 6) is -2.14. The first-order valence-corrected chi connectivity index (χ1v) is 9.45. The monoisotopic (exact) mass is 357 g/mol. The van der Waals surface area contributed by atoms with Crippen LogP contribution in [-0.4, -0.2) is 38.7 Å². The summed E-state index contributed by atoms with van der Waals surface area (Å²) in [6.45, 7) is -0.411. The van der Waals surface area contributed by atoms with Crippen molar-refractivity contribution in [2.45, 2.75) is 43.0 Å². The zero-order chi connectivity index (χ0) is 17.6. The van der Waals surface area contributed by atoms with Crippen LogP contribution in [0.5, 0.6) is 0 Å². The first-order valence-electron chi connectivity index (χ1n) is 7.80. The molecule has 6 nitrogen and oxygen atoms in total. The van der Waals surface area contributed by atoms with Crippen molar-refractivity contribution < 1.29 is 27.1 Å². The average Bonchev–Trinajstić information content (AvgIpc) is 3.04. The highest BCUT2D eigenvalue weighted by molar-refractivity contribution is 7.91. The molecule has 0 bridgehead atoms. The molecule has 1 fully saturated rings. The molecule has 1 aliphatic carbocycles. The van der Waals surface area contributed by atoms with E-state index in [1.54, 1.807) is 0 Å². The number of ether oxygens (including phenoxy) is 1. The zero-order valence-corrected chi connectivity index (χ0v) is 14.0. The lowest BCUT2D eigenvalue weighted by atomic mass is 10.2. The van der Waals surface area contributed by atoms with E-state index >= 15 is 0 Å². The Morgan fingerprint density at radius 1 is 1.17 bits per heavy atom. The SMILES string of the molecule is O=C(COC(=O)CCS(=O)(=O)c1ccc(F)cc1)NC1CCCC1. The number of hydrogen-bond acceptors (Lipinski definition) is 5. The minimum atomic E-state index is -3.70. The molecule has 0 spiro atoms. The van der Waals surface area contributed by atoms with Crippen molar-refractivity contribution >= 4 is 21.7 Å². The second-order valence-corrected chi connectivity index (χ2v) is 7.84. The molecule has 0 radical (unpaired) electrons. The predicted octanol–water partition coefficient (Wildman–Crippen LogP) is 1.59. The number of hydrogen-bond donors (Lipinski definition) is 1. The molecule has 0 unspecified atom stereocenters. The highest BCUT2D eigenvalue weighted by atomic mass is 32.2. The number of sulfone groups is 1. The normalized spacial score (nSPS) is 15.2. The van der Waals surface area contributed by atoms with Gasteiger partial charge in [-0.1, -0.05) is 12.8 Å². The third kappa shape index (κ3) is 5.59. The molecule has 2 rings (SSSR count). The van der Waals surface area contributed by atoms with Crippen molar-refractivity contribution in [1.82, 2.24) is 5.32 Å². The number of halogens is 1. The van der Waals surface area contributed by atoms with Crippen molar-refractivity contribution in [2.24, 2.45) is 0 Å². The summed E-state index contributed by atoms with van der Waals surface area (Å²) < 4.78 is 41.6. The van der Waals surface area contributed by atoms with E-state index in [4.69, 9.17) is 4.74 Å². The van der Waals surface area contributed by atoms with E-state index in [1.807, 2.05) is 0 Å². The fraction of sp³-hybridized carbons (Fsp3) is 0.500. The van der Waals surface area contributed by atoms with Gasteiger partial charge < -0.3 is 10.1 Å². The summed E-state index contributed by atoms with van der Waals surface area (Å²) in [7, 11) is -3.70. The van der Waals surface area contributed by atoms with Crippen LogP contribution >= 0.6 is 0 Å². The first-order chi connectivity index (χ1) is 11.4. The minimum absolute atomic E-state index is 0.0596. The quantitative estimate of drug-likeness (QED) is 0.591. The maximum atomic E-state index is 12.8. The molecule has 1 aromatic rings. The molecule has 1 aliphatic rings. The van der Waals surface area contributed by atoms with Crippen LogP contribution in [0.4, 0.5) is 4.39 Å². The molecule has 1 amide bonds. The van der Waals surface area contributed by atoms with E-state index in [0.717, 1.165) is 49.9 Å². The molecule has 0 atom stereocenters. The number of nitrogens with one attached hydrogen (secondary N) is 1. The number of rotatable bonds is 7. The van der Waals surface area contributed by atoms with Gasteiger partial charge in [-0.15, -0.1) is 0 Å². The Morgan fingerprint density at radius 2 is 1.79 bits per heavy atom. The fourth-order valence-electron chi connectivity index (χ4n) is 2.54. The van der Waals surface area contributed by atoms with Gasteiger partial charge >= 0.3 is 5.97 Å². The van der Waals surface area contributed by atoms with Crippen molar-refractivity contribution in [1.29, 1.82) is 0 Å². The highest BCUT2D eigenvalue weighted by Gasteiger charge is 2.20. The third-order valence-corrected chi connectivity index (χ3v) is 5.56. The van der Waals surface area contributed by atoms with Gasteiger partial charge in [-0.25, -0.2) is 12.8 Å². The van der Waals surface area contributed by atoms with Crippen molar-refractivity contribution in [3.05, 3.63) is 30.1 Å². The van der Waals surface area contributed by atoms with Crippen molar-refractivity contribution in [2.75, 3.05) is 12.4 Å². The molecule has 0 heterocycles. The van der Waals surface area contributed by atoms with Gasteiger partial charge in [-0.05, 0) is 37.1 Å². The average molecular weight is 357 g/mol. The molecule has 1 aromatic carbocycles. The van der Waals surface area contributed by atoms with E-state index in [0.29, 0.717) is 0 Å². The largest absolute Gasteiger partial charge is 0.456 e. The number of carbonyl (C=O) groups is 2. The second kappa shape index (κ2) is 8.23. The standard InChI is InChI=1S/C16H20FNO5S/c17-12-5-7-14(8-6-12)24(21,22)10-9-16(20)23-11-15(19)18-13-3-1-2-4-13/h5-8,13H,1-4,9-11H2,(H,18,19). The van der Waals surface area contributed by atoms with Gasteiger partial charge in [0.25, 0.3) is 5.91 Å². The molecule has 0 aliphatic heterocycles. The molecule has 1 N–H and O–H groups in total. The minimum Gasteiger partial charge on any atom is -0.456 e. The van der Waals surface area contributed by atoms with Crippen LogP contribution in [0.25, 0.3) is 0 Å². The van der Waals surface area contributed by atoms with Crippen LogP contribution < -0.4 is 5.32 Å². The summed E-state index contributed by atoms with van der Waals surface area (Å²) in [5, 5.41) is 2.77. The lowest BCUT2D eigenvalue weighted by molar-refractivity contribution is -0.148. The Bertz CT molecular complexity index is 681. The summed E-state index contributed by atoms with van der Waals surface area (Å²) in [4.78, 5) is 23.1. The number of amides is 1. The van der Waals surface area contributed by atoms with Gasteiger partial charge in [0, 0.05) is 6.04 Å². The van der Waals surface area contributed by atoms with Crippen molar-refractivity contribution in [3.8, 4) is 0 Å². The van der Waals surface area contributed by atoms with Gasteiger partial charge in [-0.2, -0.15) is 0 Å². The predicted molar refractivity (Wildman–Crippen MR) is 84.4 cm³/mol. The zero-order valence-electron chi connectivity index (χ0n) is 13.2. The van der Waals surface area contributed by atoms with Gasteiger partial charge in [0.2, 0.25) is 0 Å². The Balaban J connectivity index is 1.73. The van der Waals surface area contributed by atoms with E-state index in [-0.39, 0.29) is 23.3 Å². The summed E-state index contributed by atoms with van der Waals surface area (Å²) >= 11 is 0. The van der Waals surface area contributed by atoms with Gasteiger partial charge in [0.15, 0.2) is 16.4 Å². The molecule has 132 valence electrons. The molecular formula is C16H20FNO5S. The van der Waals surface area contributed by atoms with Gasteiger partial charge in [-0.3, -0.25) is 9.59 Å². The molecule has 0 aromatic heterocycles. The number of esters is 1. The molecule has 0 saturated heterocycles. The van der Waals surface area contributed by atoms with Crippen LogP contribution in [0.15, 0.2) is 29.2 Å². The molecule has 24 heavy (non-hydrogen) atoms. The van der Waals surface area contributed by atoms with Gasteiger partial charge in [0.05, 0.1) is 17.1 Å². The van der Waals surface area contributed by atoms with Crippen LogP contribution in [0.2, 0.25) is 0 Å². The van der Waals surface area contributed by atoms with E-state index in [9.17, 15) is 22.4 Å². The molecule has 1 saturated carbocycles. The Morgan fingerprint density at radius 3 is 2.42 bits per heavy atom. The smallest absolute Gasteiger partial charge is 0.307 e. The summed E-state index contributed by atoms with van der Waals surface area (Å²) in [6, 6.07) is 4.50. The van der Waals surface area contributed by atoms with Crippen LogP contribution in [-0.2, 0) is 24.2 Å². The fourth-order valence-corrected chi connectivity index (χ4v) is 3.76. The number of benzene rings is 1. The molecule has 8 heteroatoms. The second-order valence-electron chi connectivity index (χ2n) is 5.73. The Kier molecular flexibility index (Phi) is 6.30. The van der Waals surface area contributed by atoms with E-state index in [2.05, 4.69) is 5.32 Å². The lowest BCUT2D eigenvalue weighted by Crippen LogP contribution is -2.36. The maximum absolute atomic E-state index is 12.8. The van der Waals surface area contributed by atoms with Gasteiger partial charge in [0.1, 0.15) is 5.82 Å². The third-order valence-electron chi connectivity index (χ3n) is 3.83. The van der Waals surface area contributed by atoms with Crippen LogP contribution in [0.3, 0.4) is 0 Å². The molecular weight excluding hydrogens is 337 g/mol. The topological polar surface area (TPSA) is 89.5 Å². The van der Waals surface area contributed by atoms with E-state index in [1.165, 1.54) is 0 Å². The Labute approximate surface area is 140 Å². The maximum Gasteiger partial charge on any atom is 0.307 e. The van der Waals surface area contributed by atoms with Crippen molar-refractivity contribution in [3.63, 3.8) is 0 Å². The lowest BCUT2D eigenvalue weighted by Gasteiger charge is -2.12. The summed E-state index contributed by atoms with van der Waals surface area (Å²) in [6.07, 6.45) is 3.64. The van der Waals surface area contributed by atoms with Crippen LogP contribution in [0, 0.1) is 5.82 Å². The number of carbonyl (C=O) groups excluding carboxylic acids is 2.